The summed E-state index contributed by atoms with van der Waals surface area (Å²) in [4.78, 5) is 2.20. The van der Waals surface area contributed by atoms with Gasteiger partial charge in [-0.15, -0.1) is 5.10 Å². The average molecular weight is 254 g/mol. The van der Waals surface area contributed by atoms with Gasteiger partial charge in [0.1, 0.15) is 0 Å². The minimum atomic E-state index is 0.652. The summed E-state index contributed by atoms with van der Waals surface area (Å²) in [6.45, 7) is 10.0. The van der Waals surface area contributed by atoms with Crippen LogP contribution in [0.1, 0.15) is 52.3 Å². The highest BCUT2D eigenvalue weighted by molar-refractivity contribution is 5.23. The van der Waals surface area contributed by atoms with E-state index >= 15 is 0 Å². The van der Waals surface area contributed by atoms with E-state index in [2.05, 4.69) is 41.2 Å². The van der Waals surface area contributed by atoms with Crippen LogP contribution >= 0.6 is 0 Å². The molecule has 1 aromatic rings. The molecule has 1 rings (SSSR count). The maximum atomic E-state index is 5.68. The Kier molecular flexibility index (Phi) is 7.41. The largest absolute Gasteiger partial charge is 0.407 e. The molecule has 0 aliphatic heterocycles. The molecule has 5 heteroatoms. The number of aromatic nitrogens is 2. The van der Waals surface area contributed by atoms with E-state index in [0.29, 0.717) is 18.5 Å². The summed E-state index contributed by atoms with van der Waals surface area (Å²) in [6, 6.07) is 0.671. The lowest BCUT2D eigenvalue weighted by molar-refractivity contribution is 0.460. The topological polar surface area (TPSA) is 54.2 Å². The maximum Gasteiger partial charge on any atom is 0.318 e. The van der Waals surface area contributed by atoms with E-state index in [1.54, 1.807) is 0 Å². The molecule has 18 heavy (non-hydrogen) atoms. The van der Waals surface area contributed by atoms with Crippen molar-refractivity contribution in [1.29, 1.82) is 0 Å². The molecule has 0 atom stereocenters. The van der Waals surface area contributed by atoms with Crippen LogP contribution in [0.15, 0.2) is 4.42 Å². The molecule has 0 spiro atoms. The summed E-state index contributed by atoms with van der Waals surface area (Å²) in [5, 5.41) is 11.4. The first-order valence-electron chi connectivity index (χ1n) is 7.09. The van der Waals surface area contributed by atoms with Gasteiger partial charge in [-0.25, -0.2) is 0 Å². The smallest absolute Gasteiger partial charge is 0.318 e. The normalized spacial score (nSPS) is 10.8. The number of nitrogens with one attached hydrogen (secondary N) is 1. The van der Waals surface area contributed by atoms with Crippen molar-refractivity contribution in [3.63, 3.8) is 0 Å². The molecule has 0 aromatic carbocycles. The average Bonchev–Trinajstić information content (AvgIpc) is 2.85. The van der Waals surface area contributed by atoms with Gasteiger partial charge in [-0.05, 0) is 19.4 Å². The molecular weight excluding hydrogens is 228 g/mol. The Morgan fingerprint density at radius 3 is 2.28 bits per heavy atom. The number of nitrogens with zero attached hydrogens (tertiary/aromatic N) is 3. The van der Waals surface area contributed by atoms with Crippen molar-refractivity contribution in [2.45, 2.75) is 53.0 Å². The minimum Gasteiger partial charge on any atom is -0.407 e. The van der Waals surface area contributed by atoms with Crippen molar-refractivity contribution in [3.05, 3.63) is 5.89 Å². The molecule has 5 nitrogen and oxygen atoms in total. The van der Waals surface area contributed by atoms with Gasteiger partial charge in [-0.2, -0.15) is 0 Å². The van der Waals surface area contributed by atoms with Crippen molar-refractivity contribution in [2.24, 2.45) is 0 Å². The van der Waals surface area contributed by atoms with E-state index in [0.717, 1.165) is 32.5 Å². The molecule has 0 amide bonds. The van der Waals surface area contributed by atoms with Crippen LogP contribution in [0.2, 0.25) is 0 Å². The number of unbranched alkanes of at least 4 members (excludes halogenated alkanes) is 2. The van der Waals surface area contributed by atoms with Crippen LogP contribution in [-0.4, -0.2) is 29.8 Å². The number of rotatable bonds is 10. The zero-order valence-corrected chi connectivity index (χ0v) is 11.9. The Balaban J connectivity index is 2.56. The van der Waals surface area contributed by atoms with Crippen molar-refractivity contribution in [1.82, 2.24) is 15.5 Å². The lowest BCUT2D eigenvalue weighted by atomic mass is 10.3. The molecular formula is C13H26N4O. The third-order valence-electron chi connectivity index (χ3n) is 2.82. The fourth-order valence-electron chi connectivity index (χ4n) is 1.68. The highest BCUT2D eigenvalue weighted by Gasteiger charge is 2.13. The van der Waals surface area contributed by atoms with Crippen molar-refractivity contribution in [3.8, 4) is 0 Å². The van der Waals surface area contributed by atoms with Crippen molar-refractivity contribution in [2.75, 3.05) is 24.5 Å². The molecule has 0 aliphatic rings. The Bertz CT molecular complexity index is 306. The van der Waals surface area contributed by atoms with E-state index < -0.39 is 0 Å². The summed E-state index contributed by atoms with van der Waals surface area (Å²) < 4.78 is 5.68. The summed E-state index contributed by atoms with van der Waals surface area (Å²) in [5.41, 5.74) is 0. The molecule has 0 fully saturated rings. The Morgan fingerprint density at radius 2 is 1.72 bits per heavy atom. The van der Waals surface area contributed by atoms with Gasteiger partial charge in [0.15, 0.2) is 0 Å². The molecule has 104 valence electrons. The van der Waals surface area contributed by atoms with Crippen molar-refractivity contribution >= 4 is 6.01 Å². The standard InChI is InChI=1S/C13H26N4O/c1-4-7-9-17(10-8-5-2)13-16-15-12(18-13)11-14-6-3/h14H,4-11H2,1-3H3. The van der Waals surface area contributed by atoms with Crippen LogP contribution in [-0.2, 0) is 6.54 Å². The zero-order chi connectivity index (χ0) is 13.2. The first kappa shape index (κ1) is 15.0. The first-order valence-corrected chi connectivity index (χ1v) is 7.09. The second kappa shape index (κ2) is 8.91. The van der Waals surface area contributed by atoms with Crippen molar-refractivity contribution < 1.29 is 4.42 Å². The highest BCUT2D eigenvalue weighted by atomic mass is 16.4. The van der Waals surface area contributed by atoms with Gasteiger partial charge in [-0.1, -0.05) is 38.7 Å². The van der Waals surface area contributed by atoms with Gasteiger partial charge < -0.3 is 14.6 Å². The SMILES string of the molecule is CCCCN(CCCC)c1nnc(CNCC)o1. The summed E-state index contributed by atoms with van der Waals surface area (Å²) in [6.07, 6.45) is 4.69. The molecule has 0 radical (unpaired) electrons. The number of anilines is 1. The summed E-state index contributed by atoms with van der Waals surface area (Å²) >= 11 is 0. The summed E-state index contributed by atoms with van der Waals surface area (Å²) in [5.74, 6) is 0.671. The molecule has 0 saturated heterocycles. The predicted octanol–water partition coefficient (Wildman–Crippen LogP) is 2.59. The molecule has 0 saturated carbocycles. The van der Waals surface area contributed by atoms with Crippen LogP contribution in [0.25, 0.3) is 0 Å². The Morgan fingerprint density at radius 1 is 1.06 bits per heavy atom. The molecule has 1 heterocycles. The summed E-state index contributed by atoms with van der Waals surface area (Å²) in [7, 11) is 0. The lowest BCUT2D eigenvalue weighted by Crippen LogP contribution is -2.25. The van der Waals surface area contributed by atoms with E-state index in [1.807, 2.05) is 0 Å². The number of hydrogen-bond acceptors (Lipinski definition) is 5. The highest BCUT2D eigenvalue weighted by Crippen LogP contribution is 2.14. The lowest BCUT2D eigenvalue weighted by Gasteiger charge is -2.19. The van der Waals surface area contributed by atoms with E-state index in [-0.39, 0.29) is 0 Å². The second-order valence-corrected chi connectivity index (χ2v) is 4.45. The molecule has 1 aromatic heterocycles. The first-order chi connectivity index (χ1) is 8.81. The van der Waals surface area contributed by atoms with Crippen LogP contribution in [0, 0.1) is 0 Å². The van der Waals surface area contributed by atoms with E-state index in [4.69, 9.17) is 4.42 Å². The fraction of sp³-hybridized carbons (Fsp3) is 0.846. The monoisotopic (exact) mass is 254 g/mol. The molecule has 0 unspecified atom stereocenters. The van der Waals surface area contributed by atoms with Gasteiger partial charge in [-0.3, -0.25) is 0 Å². The van der Waals surface area contributed by atoms with Gasteiger partial charge in [0, 0.05) is 13.1 Å². The van der Waals surface area contributed by atoms with Crippen LogP contribution in [0.3, 0.4) is 0 Å². The van der Waals surface area contributed by atoms with E-state index in [1.165, 1.54) is 12.8 Å². The fourth-order valence-corrected chi connectivity index (χ4v) is 1.68. The van der Waals surface area contributed by atoms with Crippen LogP contribution < -0.4 is 10.2 Å². The molecule has 0 bridgehead atoms. The third kappa shape index (κ3) is 5.04. The third-order valence-corrected chi connectivity index (χ3v) is 2.82. The zero-order valence-electron chi connectivity index (χ0n) is 11.9. The molecule has 0 aliphatic carbocycles. The van der Waals surface area contributed by atoms with E-state index in [9.17, 15) is 0 Å². The van der Waals surface area contributed by atoms with Gasteiger partial charge in [0.05, 0.1) is 6.54 Å². The molecule has 1 N–H and O–H groups in total. The van der Waals surface area contributed by atoms with Gasteiger partial charge >= 0.3 is 6.01 Å². The second-order valence-electron chi connectivity index (χ2n) is 4.45. The quantitative estimate of drug-likeness (QED) is 0.695. The van der Waals surface area contributed by atoms with Gasteiger partial charge in [0.25, 0.3) is 0 Å². The predicted molar refractivity (Wildman–Crippen MR) is 73.7 cm³/mol. The van der Waals surface area contributed by atoms with Gasteiger partial charge in [0.2, 0.25) is 5.89 Å². The van der Waals surface area contributed by atoms with Crippen LogP contribution in [0.5, 0.6) is 0 Å². The Hall–Kier alpha value is -1.10. The number of hydrogen-bond donors (Lipinski definition) is 1. The van der Waals surface area contributed by atoms with Crippen LogP contribution in [0.4, 0.5) is 6.01 Å². The minimum absolute atomic E-state index is 0.652. The Labute approximate surface area is 110 Å². The maximum absolute atomic E-state index is 5.68.